The summed E-state index contributed by atoms with van der Waals surface area (Å²) in [6.45, 7) is 13.5. The van der Waals surface area contributed by atoms with Gasteiger partial charge in [0, 0.05) is 50.3 Å². The minimum atomic E-state index is 0.366. The molecule has 66 heavy (non-hydrogen) atoms. The summed E-state index contributed by atoms with van der Waals surface area (Å²) in [4.78, 5) is 0. The zero-order chi connectivity index (χ0) is 46.2. The number of benzene rings is 4. The lowest BCUT2D eigenvalue weighted by atomic mass is 9.76. The van der Waals surface area contributed by atoms with Gasteiger partial charge in [0.05, 0.1) is 28.4 Å². The van der Waals surface area contributed by atoms with Gasteiger partial charge < -0.3 is 40.2 Å². The minimum Gasteiger partial charge on any atom is -0.497 e. The van der Waals surface area contributed by atoms with Crippen LogP contribution in [0.4, 0.5) is 0 Å². The molecular weight excluding hydrogens is 817 g/mol. The van der Waals surface area contributed by atoms with Crippen LogP contribution in [0.25, 0.3) is 0 Å². The molecule has 0 bridgehead atoms. The molecule has 0 fully saturated rings. The lowest BCUT2D eigenvalue weighted by molar-refractivity contribution is 0.262. The topological polar surface area (TPSA) is 85.0 Å². The standard InChI is InChI=1S/C58H82N4O4/c1-37-33-59-55(47-25-21-43(63-5)29-51(37)47)19-13-11-17-41(57-49-27-23-45(65-7)31-53(49)39(3)35-61-57)15-9-10-16-42(58-50-28-24-46(66-8)32-54(50)40(4)36-62-58)18-12-14-20-56-48-26-22-44(64-6)30-52(48)38(2)34-60-56/h21-32,37-42,55-62H,9-20,33-36H2,1-8H3. The first-order valence-corrected chi connectivity index (χ1v) is 25.8. The van der Waals surface area contributed by atoms with E-state index in [1.54, 1.807) is 28.4 Å². The van der Waals surface area contributed by atoms with Crippen molar-refractivity contribution in [2.45, 2.75) is 153 Å². The van der Waals surface area contributed by atoms with E-state index >= 15 is 0 Å². The number of methoxy groups -OCH3 is 4. The third kappa shape index (κ3) is 11.1. The number of hydrogen-bond donors (Lipinski definition) is 4. The molecule has 4 N–H and O–H groups in total. The molecule has 4 aromatic rings. The summed E-state index contributed by atoms with van der Waals surface area (Å²) in [6, 6.07) is 28.7. The van der Waals surface area contributed by atoms with Gasteiger partial charge in [-0.25, -0.2) is 0 Å². The highest BCUT2D eigenvalue weighted by Gasteiger charge is 2.34. The predicted octanol–water partition coefficient (Wildman–Crippen LogP) is 12.7. The SMILES string of the molecule is COc1ccc2c(c1)C(C)CNC2CCCCC(CCCCC(CCCCC1NCC(C)c2cc(OC)ccc21)C1NCC(C)c2cc(OC)ccc21)C1NCC(C)c2cc(OC)ccc21. The maximum Gasteiger partial charge on any atom is 0.119 e. The Kier molecular flexibility index (Phi) is 16.7. The molecule has 10 atom stereocenters. The van der Waals surface area contributed by atoms with E-state index in [0.29, 0.717) is 59.7 Å². The second-order valence-corrected chi connectivity index (χ2v) is 20.7. The number of rotatable bonds is 21. The summed E-state index contributed by atoms with van der Waals surface area (Å²) in [6.07, 6.45) is 14.7. The van der Waals surface area contributed by atoms with Crippen LogP contribution in [0.2, 0.25) is 0 Å². The van der Waals surface area contributed by atoms with E-state index < -0.39 is 0 Å². The average molecular weight is 899 g/mol. The number of fused-ring (bicyclic) bond motifs is 4. The summed E-state index contributed by atoms with van der Waals surface area (Å²) >= 11 is 0. The molecule has 8 rings (SSSR count). The van der Waals surface area contributed by atoms with E-state index in [0.717, 1.165) is 49.2 Å². The Labute approximate surface area is 398 Å². The van der Waals surface area contributed by atoms with E-state index in [-0.39, 0.29) is 0 Å². The van der Waals surface area contributed by atoms with Crippen molar-refractivity contribution in [2.75, 3.05) is 54.6 Å². The number of hydrogen-bond acceptors (Lipinski definition) is 8. The molecule has 0 aromatic heterocycles. The van der Waals surface area contributed by atoms with Crippen molar-refractivity contribution < 1.29 is 18.9 Å². The van der Waals surface area contributed by atoms with Crippen molar-refractivity contribution in [3.05, 3.63) is 117 Å². The fourth-order valence-corrected chi connectivity index (χ4v) is 12.4. The van der Waals surface area contributed by atoms with Gasteiger partial charge in [0.15, 0.2) is 0 Å². The Morgan fingerprint density at radius 2 is 0.667 bits per heavy atom. The summed E-state index contributed by atoms with van der Waals surface area (Å²) in [5.74, 6) is 6.96. The number of ether oxygens (including phenoxy) is 4. The first-order chi connectivity index (χ1) is 32.2. The van der Waals surface area contributed by atoms with Gasteiger partial charge in [-0.2, -0.15) is 0 Å². The fraction of sp³-hybridized carbons (Fsp3) is 0.586. The van der Waals surface area contributed by atoms with Crippen LogP contribution in [-0.2, 0) is 0 Å². The van der Waals surface area contributed by atoms with Gasteiger partial charge in [0.2, 0.25) is 0 Å². The third-order valence-corrected chi connectivity index (χ3v) is 16.3. The molecule has 358 valence electrons. The lowest BCUT2D eigenvalue weighted by Crippen LogP contribution is -2.37. The molecule has 0 saturated heterocycles. The molecule has 8 heteroatoms. The van der Waals surface area contributed by atoms with Crippen molar-refractivity contribution in [1.82, 2.24) is 21.3 Å². The van der Waals surface area contributed by atoms with Gasteiger partial charge in [0.1, 0.15) is 23.0 Å². The Morgan fingerprint density at radius 3 is 1.00 bits per heavy atom. The molecule has 4 heterocycles. The normalized spacial score (nSPS) is 25.4. The van der Waals surface area contributed by atoms with E-state index in [9.17, 15) is 0 Å². The van der Waals surface area contributed by atoms with Gasteiger partial charge in [0.25, 0.3) is 0 Å². The highest BCUT2D eigenvalue weighted by atomic mass is 16.5. The van der Waals surface area contributed by atoms with Crippen LogP contribution >= 0.6 is 0 Å². The van der Waals surface area contributed by atoms with Crippen molar-refractivity contribution in [2.24, 2.45) is 11.8 Å². The van der Waals surface area contributed by atoms with Crippen LogP contribution in [0.3, 0.4) is 0 Å². The summed E-state index contributed by atoms with van der Waals surface area (Å²) < 4.78 is 22.7. The Balaban J connectivity index is 0.948. The molecule has 0 aliphatic carbocycles. The van der Waals surface area contributed by atoms with Gasteiger partial charge in [-0.1, -0.05) is 90.5 Å². The van der Waals surface area contributed by atoms with E-state index in [1.165, 1.54) is 122 Å². The number of unbranched alkanes of at least 4 members (excludes halogenated alkanes) is 3. The lowest BCUT2D eigenvalue weighted by Gasteiger charge is -2.38. The zero-order valence-corrected chi connectivity index (χ0v) is 41.6. The molecule has 4 aliphatic rings. The molecular formula is C58H82N4O4. The Morgan fingerprint density at radius 1 is 0.379 bits per heavy atom. The van der Waals surface area contributed by atoms with Gasteiger partial charge in [-0.3, -0.25) is 0 Å². The van der Waals surface area contributed by atoms with Gasteiger partial charge in [-0.05, 0) is 167 Å². The van der Waals surface area contributed by atoms with Gasteiger partial charge >= 0.3 is 0 Å². The number of nitrogens with one attached hydrogen (secondary N) is 4. The molecule has 10 unspecified atom stereocenters. The first kappa shape index (κ1) is 48.4. The van der Waals surface area contributed by atoms with E-state index in [2.05, 4.69) is 122 Å². The highest BCUT2D eigenvalue weighted by molar-refractivity contribution is 5.44. The summed E-state index contributed by atoms with van der Waals surface area (Å²) in [7, 11) is 7.14. The van der Waals surface area contributed by atoms with E-state index in [1.807, 2.05) is 0 Å². The second kappa shape index (κ2) is 22.8. The Hall–Kier alpha value is -4.08. The fourth-order valence-electron chi connectivity index (χ4n) is 12.4. The monoisotopic (exact) mass is 899 g/mol. The largest absolute Gasteiger partial charge is 0.497 e. The molecule has 4 aromatic carbocycles. The molecule has 0 saturated carbocycles. The van der Waals surface area contributed by atoms with Crippen LogP contribution in [0.15, 0.2) is 72.8 Å². The quantitative estimate of drug-likeness (QED) is 0.0616. The molecule has 8 nitrogen and oxygen atoms in total. The maximum atomic E-state index is 5.74. The molecule has 0 radical (unpaired) electrons. The summed E-state index contributed by atoms with van der Waals surface area (Å²) in [5.41, 5.74) is 11.7. The van der Waals surface area contributed by atoms with Crippen molar-refractivity contribution in [3.8, 4) is 23.0 Å². The predicted molar refractivity (Wildman–Crippen MR) is 271 cm³/mol. The van der Waals surface area contributed by atoms with Crippen LogP contribution in [0.5, 0.6) is 23.0 Å². The highest BCUT2D eigenvalue weighted by Crippen LogP contribution is 2.44. The third-order valence-electron chi connectivity index (χ3n) is 16.3. The molecule has 4 aliphatic heterocycles. The van der Waals surface area contributed by atoms with E-state index in [4.69, 9.17) is 18.9 Å². The van der Waals surface area contributed by atoms with Crippen LogP contribution in [0.1, 0.15) is 197 Å². The second-order valence-electron chi connectivity index (χ2n) is 20.7. The van der Waals surface area contributed by atoms with Crippen LogP contribution in [0, 0.1) is 11.8 Å². The van der Waals surface area contributed by atoms with Gasteiger partial charge in [-0.15, -0.1) is 0 Å². The molecule has 0 amide bonds. The molecule has 0 spiro atoms. The summed E-state index contributed by atoms with van der Waals surface area (Å²) in [5, 5.41) is 16.0. The zero-order valence-electron chi connectivity index (χ0n) is 41.6. The van der Waals surface area contributed by atoms with Crippen LogP contribution in [-0.4, -0.2) is 54.6 Å². The van der Waals surface area contributed by atoms with Crippen molar-refractivity contribution in [1.29, 1.82) is 0 Å². The Bertz CT molecular complexity index is 2040. The van der Waals surface area contributed by atoms with Crippen LogP contribution < -0.4 is 40.2 Å². The maximum absolute atomic E-state index is 5.74. The first-order valence-electron chi connectivity index (χ1n) is 25.8. The van der Waals surface area contributed by atoms with Crippen molar-refractivity contribution in [3.63, 3.8) is 0 Å². The smallest absolute Gasteiger partial charge is 0.119 e. The van der Waals surface area contributed by atoms with Crippen molar-refractivity contribution >= 4 is 0 Å². The minimum absolute atomic E-state index is 0.366. The average Bonchev–Trinajstić information content (AvgIpc) is 3.35.